The largest absolute Gasteiger partial charge is 0.473 e. The fraction of sp³-hybridized carbons (Fsp3) is 0.529. The van der Waals surface area contributed by atoms with E-state index in [2.05, 4.69) is 29.2 Å². The van der Waals surface area contributed by atoms with Crippen molar-refractivity contribution in [2.75, 3.05) is 19.6 Å². The molecule has 0 amide bonds. The van der Waals surface area contributed by atoms with Crippen LogP contribution in [0, 0.1) is 5.92 Å². The van der Waals surface area contributed by atoms with E-state index in [1.165, 1.54) is 38.9 Å². The van der Waals surface area contributed by atoms with Crippen molar-refractivity contribution in [3.63, 3.8) is 0 Å². The highest BCUT2D eigenvalue weighted by Crippen LogP contribution is 2.46. The number of aliphatic carboxylic acids is 2. The lowest BCUT2D eigenvalue weighted by Crippen LogP contribution is -2.36. The van der Waals surface area contributed by atoms with Crippen molar-refractivity contribution in [1.29, 1.82) is 0 Å². The van der Waals surface area contributed by atoms with Crippen molar-refractivity contribution < 1.29 is 19.8 Å². The molecule has 1 saturated heterocycles. The number of nitrogens with zero attached hydrogens (tertiary/aromatic N) is 1. The van der Waals surface area contributed by atoms with Crippen LogP contribution >= 0.6 is 0 Å². The number of likely N-dealkylation sites (tertiary alicyclic amines) is 1. The molecular formula is C17H21NO4. The van der Waals surface area contributed by atoms with Gasteiger partial charge in [-0.3, -0.25) is 0 Å². The highest BCUT2D eigenvalue weighted by atomic mass is 16.4. The third kappa shape index (κ3) is 3.30. The van der Waals surface area contributed by atoms with E-state index in [9.17, 15) is 0 Å². The SMILES string of the molecule is O=C(O)C(=O)O.c1ccc2c(c1)C1CC2CN(CC2CC2)C1. The first-order valence-electron chi connectivity index (χ1n) is 7.82. The molecule has 4 rings (SSSR count). The Hall–Kier alpha value is -1.88. The van der Waals surface area contributed by atoms with Gasteiger partial charge in [-0.25, -0.2) is 9.59 Å². The molecule has 1 heterocycles. The fourth-order valence-electron chi connectivity index (χ4n) is 3.71. The lowest BCUT2D eigenvalue weighted by molar-refractivity contribution is -0.159. The smallest absolute Gasteiger partial charge is 0.414 e. The molecule has 1 saturated carbocycles. The standard InChI is InChI=1S/C15H19N.C2H2O4/c1-2-4-15-13-7-12(14(15)3-1)9-16(10-13)8-11-5-6-11;3-1(4)2(5)6/h1-4,11-13H,5-10H2;(H,3,4)(H,5,6). The second-order valence-corrected chi connectivity index (χ2v) is 6.53. The minimum atomic E-state index is -1.82. The highest BCUT2D eigenvalue weighted by molar-refractivity contribution is 6.27. The number of piperidine rings is 1. The molecule has 3 aliphatic rings. The Morgan fingerprint density at radius 3 is 1.91 bits per heavy atom. The van der Waals surface area contributed by atoms with E-state index in [1.807, 2.05) is 0 Å². The number of hydrogen-bond donors (Lipinski definition) is 2. The van der Waals surface area contributed by atoms with Crippen LogP contribution in [-0.4, -0.2) is 46.7 Å². The third-order valence-corrected chi connectivity index (χ3v) is 4.80. The van der Waals surface area contributed by atoms with Gasteiger partial charge < -0.3 is 15.1 Å². The van der Waals surface area contributed by atoms with Crippen LogP contribution < -0.4 is 0 Å². The summed E-state index contributed by atoms with van der Waals surface area (Å²) in [6.45, 7) is 4.02. The van der Waals surface area contributed by atoms with Gasteiger partial charge in [0.1, 0.15) is 0 Å². The van der Waals surface area contributed by atoms with Crippen molar-refractivity contribution >= 4 is 11.9 Å². The van der Waals surface area contributed by atoms with Crippen LogP contribution in [0.4, 0.5) is 0 Å². The molecule has 1 aliphatic heterocycles. The third-order valence-electron chi connectivity index (χ3n) is 4.80. The molecule has 2 N–H and O–H groups in total. The van der Waals surface area contributed by atoms with Crippen molar-refractivity contribution in [1.82, 2.24) is 4.90 Å². The van der Waals surface area contributed by atoms with Gasteiger partial charge in [0.05, 0.1) is 0 Å². The van der Waals surface area contributed by atoms with Gasteiger partial charge in [0.2, 0.25) is 0 Å². The Kier molecular flexibility index (Phi) is 4.16. The highest BCUT2D eigenvalue weighted by Gasteiger charge is 2.38. The summed E-state index contributed by atoms with van der Waals surface area (Å²) in [5.74, 6) is -0.923. The minimum Gasteiger partial charge on any atom is -0.473 e. The van der Waals surface area contributed by atoms with Crippen molar-refractivity contribution in [2.24, 2.45) is 5.92 Å². The van der Waals surface area contributed by atoms with Gasteiger partial charge in [0.25, 0.3) is 0 Å². The molecule has 5 heteroatoms. The maximum Gasteiger partial charge on any atom is 0.414 e. The summed E-state index contributed by atoms with van der Waals surface area (Å²) in [6.07, 6.45) is 4.39. The Balaban J connectivity index is 0.000000209. The molecule has 22 heavy (non-hydrogen) atoms. The van der Waals surface area contributed by atoms with Gasteiger partial charge in [-0.1, -0.05) is 24.3 Å². The average Bonchev–Trinajstić information content (AvgIpc) is 3.27. The van der Waals surface area contributed by atoms with Crippen molar-refractivity contribution in [2.45, 2.75) is 31.1 Å². The van der Waals surface area contributed by atoms with Crippen LogP contribution in [-0.2, 0) is 9.59 Å². The van der Waals surface area contributed by atoms with Gasteiger partial charge in [-0.2, -0.15) is 0 Å². The molecule has 2 aliphatic carbocycles. The topological polar surface area (TPSA) is 77.8 Å². The minimum absolute atomic E-state index is 0.841. The number of fused-ring (bicyclic) bond motifs is 5. The normalized spacial score (nSPS) is 25.8. The molecule has 0 spiro atoms. The van der Waals surface area contributed by atoms with Crippen molar-refractivity contribution in [3.8, 4) is 0 Å². The predicted octanol–water partition coefficient (Wildman–Crippen LogP) is 2.14. The van der Waals surface area contributed by atoms with E-state index in [4.69, 9.17) is 19.8 Å². The van der Waals surface area contributed by atoms with Crippen molar-refractivity contribution in [3.05, 3.63) is 35.4 Å². The summed E-state index contributed by atoms with van der Waals surface area (Å²) in [5, 5.41) is 14.8. The first-order chi connectivity index (χ1) is 10.5. The zero-order chi connectivity index (χ0) is 15.7. The van der Waals surface area contributed by atoms with E-state index in [0.717, 1.165) is 17.8 Å². The fourth-order valence-corrected chi connectivity index (χ4v) is 3.71. The summed E-state index contributed by atoms with van der Waals surface area (Å²) in [6, 6.07) is 9.15. The number of carboxylic acid groups (broad SMARTS) is 2. The molecule has 0 radical (unpaired) electrons. The van der Waals surface area contributed by atoms with E-state index in [1.54, 1.807) is 11.1 Å². The summed E-state index contributed by atoms with van der Waals surface area (Å²) in [4.78, 5) is 20.9. The first-order valence-corrected chi connectivity index (χ1v) is 7.82. The lowest BCUT2D eigenvalue weighted by Gasteiger charge is -2.32. The van der Waals surface area contributed by atoms with Crippen LogP contribution in [0.15, 0.2) is 24.3 Å². The summed E-state index contributed by atoms with van der Waals surface area (Å²) >= 11 is 0. The van der Waals surface area contributed by atoms with Crippen LogP contribution in [0.5, 0.6) is 0 Å². The number of hydrogen-bond acceptors (Lipinski definition) is 3. The van der Waals surface area contributed by atoms with Gasteiger partial charge in [0, 0.05) is 19.6 Å². The number of carbonyl (C=O) groups is 2. The number of benzene rings is 1. The predicted molar refractivity (Wildman–Crippen MR) is 81.0 cm³/mol. The second kappa shape index (κ2) is 6.08. The van der Waals surface area contributed by atoms with Crippen LogP contribution in [0.1, 0.15) is 42.2 Å². The average molecular weight is 303 g/mol. The Morgan fingerprint density at radius 1 is 1.00 bits per heavy atom. The van der Waals surface area contributed by atoms with Gasteiger partial charge in [-0.05, 0) is 48.1 Å². The summed E-state index contributed by atoms with van der Waals surface area (Å²) < 4.78 is 0. The van der Waals surface area contributed by atoms with E-state index >= 15 is 0 Å². The molecule has 2 fully saturated rings. The Bertz CT molecular complexity index is 539. The maximum atomic E-state index is 9.10. The zero-order valence-corrected chi connectivity index (χ0v) is 12.4. The van der Waals surface area contributed by atoms with Crippen LogP contribution in [0.25, 0.3) is 0 Å². The maximum absolute atomic E-state index is 9.10. The zero-order valence-electron chi connectivity index (χ0n) is 12.4. The Morgan fingerprint density at radius 2 is 1.50 bits per heavy atom. The molecule has 1 aromatic carbocycles. The molecule has 118 valence electrons. The van der Waals surface area contributed by atoms with Gasteiger partial charge >= 0.3 is 11.9 Å². The molecular weight excluding hydrogens is 282 g/mol. The first kappa shape index (κ1) is 15.0. The number of carboxylic acids is 2. The summed E-state index contributed by atoms with van der Waals surface area (Å²) in [7, 11) is 0. The van der Waals surface area contributed by atoms with Gasteiger partial charge in [-0.15, -0.1) is 0 Å². The lowest BCUT2D eigenvalue weighted by atomic mass is 9.95. The quantitative estimate of drug-likeness (QED) is 0.818. The second-order valence-electron chi connectivity index (χ2n) is 6.53. The molecule has 0 aromatic heterocycles. The van der Waals surface area contributed by atoms with E-state index in [-0.39, 0.29) is 0 Å². The molecule has 5 nitrogen and oxygen atoms in total. The summed E-state index contributed by atoms with van der Waals surface area (Å²) in [5.41, 5.74) is 3.32. The molecule has 2 unspecified atom stereocenters. The van der Waals surface area contributed by atoms with Gasteiger partial charge in [0.15, 0.2) is 0 Å². The number of rotatable bonds is 2. The molecule has 1 aromatic rings. The van der Waals surface area contributed by atoms with E-state index < -0.39 is 11.9 Å². The van der Waals surface area contributed by atoms with Crippen LogP contribution in [0.2, 0.25) is 0 Å². The van der Waals surface area contributed by atoms with Crippen LogP contribution in [0.3, 0.4) is 0 Å². The molecule has 2 bridgehead atoms. The Labute approximate surface area is 129 Å². The molecule has 2 atom stereocenters. The monoisotopic (exact) mass is 303 g/mol. The van der Waals surface area contributed by atoms with E-state index in [0.29, 0.717) is 0 Å².